The van der Waals surface area contributed by atoms with Gasteiger partial charge in [-0.3, -0.25) is 14.5 Å². The average Bonchev–Trinajstić information content (AvgIpc) is 2.69. The number of rotatable bonds is 6. The summed E-state index contributed by atoms with van der Waals surface area (Å²) < 4.78 is 0. The summed E-state index contributed by atoms with van der Waals surface area (Å²) in [5.41, 5.74) is 0.751. The van der Waals surface area contributed by atoms with E-state index in [1.165, 1.54) is 0 Å². The fourth-order valence-electron chi connectivity index (χ4n) is 2.96. The number of hydrogen-bond acceptors (Lipinski definition) is 6. The van der Waals surface area contributed by atoms with Gasteiger partial charge in [0.15, 0.2) is 0 Å². The number of hydrogen-bond donors (Lipinski definition) is 1. The third kappa shape index (κ3) is 5.49. The Hall–Kier alpha value is -3.00. The minimum atomic E-state index is -0.137. The highest BCUT2D eigenvalue weighted by Gasteiger charge is 2.23. The molecule has 2 amide bonds. The second kappa shape index (κ2) is 9.09. The molecule has 1 fully saturated rings. The highest BCUT2D eigenvalue weighted by atomic mass is 16.2. The zero-order valence-electron chi connectivity index (χ0n) is 15.4. The van der Waals surface area contributed by atoms with Gasteiger partial charge in [0, 0.05) is 44.3 Å². The number of piperazine rings is 1. The molecule has 142 valence electrons. The van der Waals surface area contributed by atoms with E-state index in [9.17, 15) is 9.59 Å². The molecular formula is C19H24N6O2. The summed E-state index contributed by atoms with van der Waals surface area (Å²) in [6, 6.07) is 11.1. The van der Waals surface area contributed by atoms with Crippen molar-refractivity contribution >= 4 is 23.5 Å². The third-order valence-electron chi connectivity index (χ3n) is 4.34. The van der Waals surface area contributed by atoms with Crippen LogP contribution in [0.1, 0.15) is 0 Å². The topological polar surface area (TPSA) is 81.7 Å². The SMILES string of the molecule is CN(CC(=O)Nc1ccccc1)CC(=O)N1CCN(c2ncccn2)CC1. The lowest BCUT2D eigenvalue weighted by Crippen LogP contribution is -2.51. The zero-order valence-corrected chi connectivity index (χ0v) is 15.4. The minimum absolute atomic E-state index is 0.0265. The van der Waals surface area contributed by atoms with Gasteiger partial charge in [-0.15, -0.1) is 0 Å². The average molecular weight is 368 g/mol. The molecule has 1 aliphatic heterocycles. The van der Waals surface area contributed by atoms with E-state index in [4.69, 9.17) is 0 Å². The Morgan fingerprint density at radius 3 is 2.33 bits per heavy atom. The molecule has 0 unspecified atom stereocenters. The molecule has 0 saturated carbocycles. The first-order valence-corrected chi connectivity index (χ1v) is 8.95. The van der Waals surface area contributed by atoms with E-state index >= 15 is 0 Å². The highest BCUT2D eigenvalue weighted by molar-refractivity contribution is 5.92. The quantitative estimate of drug-likeness (QED) is 0.808. The van der Waals surface area contributed by atoms with Gasteiger partial charge in [-0.2, -0.15) is 0 Å². The molecule has 1 saturated heterocycles. The first-order valence-electron chi connectivity index (χ1n) is 8.95. The van der Waals surface area contributed by atoms with Gasteiger partial charge in [0.2, 0.25) is 17.8 Å². The summed E-state index contributed by atoms with van der Waals surface area (Å²) >= 11 is 0. The number of nitrogens with zero attached hydrogens (tertiary/aromatic N) is 5. The minimum Gasteiger partial charge on any atom is -0.338 e. The number of likely N-dealkylation sites (N-methyl/N-ethyl adjacent to an activating group) is 1. The number of anilines is 2. The van der Waals surface area contributed by atoms with Gasteiger partial charge < -0.3 is 15.1 Å². The van der Waals surface area contributed by atoms with Crippen LogP contribution in [0.5, 0.6) is 0 Å². The molecule has 0 spiro atoms. The summed E-state index contributed by atoms with van der Waals surface area (Å²) in [7, 11) is 1.77. The van der Waals surface area contributed by atoms with Gasteiger partial charge in [0.1, 0.15) is 0 Å². The van der Waals surface area contributed by atoms with Crippen LogP contribution in [-0.2, 0) is 9.59 Å². The largest absolute Gasteiger partial charge is 0.338 e. The molecule has 27 heavy (non-hydrogen) atoms. The first kappa shape index (κ1) is 18.8. The smallest absolute Gasteiger partial charge is 0.238 e. The Balaban J connectivity index is 1.41. The van der Waals surface area contributed by atoms with Crippen molar-refractivity contribution in [3.63, 3.8) is 0 Å². The van der Waals surface area contributed by atoms with Crippen LogP contribution in [0.25, 0.3) is 0 Å². The van der Waals surface area contributed by atoms with Gasteiger partial charge in [-0.05, 0) is 25.2 Å². The van der Waals surface area contributed by atoms with Crippen molar-refractivity contribution in [2.75, 3.05) is 56.5 Å². The maximum absolute atomic E-state index is 12.5. The second-order valence-electron chi connectivity index (χ2n) is 6.50. The van der Waals surface area contributed by atoms with Crippen molar-refractivity contribution in [2.24, 2.45) is 0 Å². The van der Waals surface area contributed by atoms with Crippen molar-refractivity contribution in [1.29, 1.82) is 0 Å². The van der Waals surface area contributed by atoms with Gasteiger partial charge in [-0.25, -0.2) is 9.97 Å². The molecule has 0 aliphatic carbocycles. The van der Waals surface area contributed by atoms with Crippen molar-refractivity contribution in [1.82, 2.24) is 19.8 Å². The summed E-state index contributed by atoms with van der Waals surface area (Å²) in [5, 5.41) is 2.82. The molecule has 2 heterocycles. The first-order chi connectivity index (χ1) is 13.1. The van der Waals surface area contributed by atoms with Gasteiger partial charge in [-0.1, -0.05) is 18.2 Å². The number of amides is 2. The molecule has 3 rings (SSSR count). The number of nitrogens with one attached hydrogen (secondary N) is 1. The molecule has 0 radical (unpaired) electrons. The Kier molecular flexibility index (Phi) is 6.32. The Morgan fingerprint density at radius 1 is 1.00 bits per heavy atom. The zero-order chi connectivity index (χ0) is 19.1. The third-order valence-corrected chi connectivity index (χ3v) is 4.34. The maximum Gasteiger partial charge on any atom is 0.238 e. The summed E-state index contributed by atoms with van der Waals surface area (Å²) in [5.74, 6) is 0.584. The summed E-state index contributed by atoms with van der Waals surface area (Å²) in [4.78, 5) is 38.7. The fraction of sp³-hybridized carbons (Fsp3) is 0.368. The second-order valence-corrected chi connectivity index (χ2v) is 6.50. The van der Waals surface area contributed by atoms with E-state index in [1.54, 1.807) is 30.4 Å². The molecule has 1 aromatic heterocycles. The molecule has 1 aliphatic rings. The number of aromatic nitrogens is 2. The van der Waals surface area contributed by atoms with Gasteiger partial charge in [0.05, 0.1) is 13.1 Å². The molecule has 8 nitrogen and oxygen atoms in total. The van der Waals surface area contributed by atoms with Crippen LogP contribution in [0.3, 0.4) is 0 Å². The van der Waals surface area contributed by atoms with Crippen LogP contribution >= 0.6 is 0 Å². The summed E-state index contributed by atoms with van der Waals surface area (Å²) in [6.45, 7) is 3.03. The number of carbonyl (C=O) groups is 2. The standard InChI is InChI=1S/C19H24N6O2/c1-23(14-17(26)22-16-6-3-2-4-7-16)15-18(27)24-10-12-25(13-11-24)19-20-8-5-9-21-19/h2-9H,10-15H2,1H3,(H,22,26). The predicted octanol–water partition coefficient (Wildman–Crippen LogP) is 0.696. The normalized spacial score (nSPS) is 14.3. The molecule has 0 bridgehead atoms. The lowest BCUT2D eigenvalue weighted by atomic mass is 10.3. The molecule has 1 N–H and O–H groups in total. The van der Waals surface area contributed by atoms with Crippen LogP contribution in [-0.4, -0.2) is 77.9 Å². The van der Waals surface area contributed by atoms with Crippen LogP contribution < -0.4 is 10.2 Å². The van der Waals surface area contributed by atoms with Crippen LogP contribution in [0.2, 0.25) is 0 Å². The van der Waals surface area contributed by atoms with E-state index < -0.39 is 0 Å². The van der Waals surface area contributed by atoms with Crippen LogP contribution in [0, 0.1) is 0 Å². The predicted molar refractivity (Wildman–Crippen MR) is 103 cm³/mol. The number of para-hydroxylation sites is 1. The lowest BCUT2D eigenvalue weighted by molar-refractivity contribution is -0.132. The van der Waals surface area contributed by atoms with E-state index in [1.807, 2.05) is 35.2 Å². The summed E-state index contributed by atoms with van der Waals surface area (Å²) in [6.07, 6.45) is 3.44. The van der Waals surface area contributed by atoms with Crippen LogP contribution in [0.15, 0.2) is 48.8 Å². The number of carbonyl (C=O) groups excluding carboxylic acids is 2. The van der Waals surface area contributed by atoms with E-state index in [2.05, 4.69) is 20.2 Å². The van der Waals surface area contributed by atoms with Gasteiger partial charge >= 0.3 is 0 Å². The van der Waals surface area contributed by atoms with E-state index in [0.29, 0.717) is 32.1 Å². The van der Waals surface area contributed by atoms with Crippen molar-refractivity contribution in [3.8, 4) is 0 Å². The molecular weight excluding hydrogens is 344 g/mol. The monoisotopic (exact) mass is 368 g/mol. The van der Waals surface area contributed by atoms with Crippen molar-refractivity contribution < 1.29 is 9.59 Å². The lowest BCUT2D eigenvalue weighted by Gasteiger charge is -2.35. The highest BCUT2D eigenvalue weighted by Crippen LogP contribution is 2.10. The molecule has 8 heteroatoms. The number of benzene rings is 1. The Bertz CT molecular complexity index is 747. The Labute approximate surface area is 158 Å². The van der Waals surface area contributed by atoms with E-state index in [-0.39, 0.29) is 24.9 Å². The van der Waals surface area contributed by atoms with Crippen molar-refractivity contribution in [2.45, 2.75) is 0 Å². The fourth-order valence-corrected chi connectivity index (χ4v) is 2.96. The molecule has 2 aromatic rings. The van der Waals surface area contributed by atoms with Crippen LogP contribution in [0.4, 0.5) is 11.6 Å². The molecule has 1 aromatic carbocycles. The van der Waals surface area contributed by atoms with E-state index in [0.717, 1.165) is 5.69 Å². The Morgan fingerprint density at radius 2 is 1.67 bits per heavy atom. The van der Waals surface area contributed by atoms with Crippen molar-refractivity contribution in [3.05, 3.63) is 48.8 Å². The molecule has 0 atom stereocenters. The maximum atomic E-state index is 12.5. The van der Waals surface area contributed by atoms with Gasteiger partial charge in [0.25, 0.3) is 0 Å².